The number of phenolic OH excluding ortho intramolecular Hbond substituents is 3. The van der Waals surface area contributed by atoms with Crippen LogP contribution >= 0.6 is 0 Å². The molecule has 0 saturated carbocycles. The van der Waals surface area contributed by atoms with Gasteiger partial charge in [-0.15, -0.1) is 0 Å². The molecule has 216 valence electrons. The monoisotopic (exact) mass is 1360 g/mol. The van der Waals surface area contributed by atoms with Crippen LogP contribution in [-0.4, -0.2) is 45.2 Å². The van der Waals surface area contributed by atoms with Crippen LogP contribution in [0.15, 0.2) is 49.6 Å². The van der Waals surface area contributed by atoms with E-state index in [1.165, 1.54) is 18.2 Å². The van der Waals surface area contributed by atoms with Crippen LogP contribution in [0.2, 0.25) is 0 Å². The molecule has 14 nitrogen and oxygen atoms in total. The Morgan fingerprint density at radius 1 is 0.533 bits per heavy atom. The summed E-state index contributed by atoms with van der Waals surface area (Å²) < 4.78 is 16.1. The van der Waals surface area contributed by atoms with Gasteiger partial charge in [-0.05, 0) is 18.2 Å². The first-order valence-corrected chi connectivity index (χ1v) is 12.3. The maximum atomic E-state index is 10.6. The van der Waals surface area contributed by atoms with Gasteiger partial charge in [-0.2, -0.15) is 15.0 Å². The van der Waals surface area contributed by atoms with Crippen molar-refractivity contribution in [2.24, 2.45) is 0 Å². The summed E-state index contributed by atoms with van der Waals surface area (Å²) >= 11 is 0. The normalized spacial score (nSPS) is 10.8. The fourth-order valence-electron chi connectivity index (χ4n) is 4.44. The number of hydrogen-bond donors (Lipinski definition) is 5. The molecule has 7 rings (SSSR count). The fraction of sp³-hybridized carbons (Fsp3) is 0.0357. The van der Waals surface area contributed by atoms with Gasteiger partial charge < -0.3 is 60.0 Å². The number of aromatic nitrogens is 6. The van der Waals surface area contributed by atoms with Crippen LogP contribution in [0.1, 0.15) is 29.1 Å². The van der Waals surface area contributed by atoms with Crippen molar-refractivity contribution in [2.45, 2.75) is 6.42 Å². The topological polar surface area (TPSA) is 202 Å². The van der Waals surface area contributed by atoms with Crippen molar-refractivity contribution in [1.82, 2.24) is 29.9 Å². The standard InChI is InChI=1S/C28H19N8O6.3Rf/c1-11-29-17-4-14(20(37)8-23(17)40-11)5-26-34-27(32-15-6-18-24(9-21(15)38)41-12(2)30-18)36-28(35-26)33-16-7-19-25(10-22(16)39)42-13(3)31-19;;;/h4,6-10,37-39H,1-3,5H2,(H2,32,33,34,35,36);;;/q-3;;;. The van der Waals surface area contributed by atoms with Crippen LogP contribution < -0.4 is 10.6 Å². The van der Waals surface area contributed by atoms with Crippen molar-refractivity contribution in [3.05, 3.63) is 86.2 Å². The van der Waals surface area contributed by atoms with Crippen molar-refractivity contribution < 1.29 is 28.6 Å². The number of nitrogens with zero attached hydrogens (tertiary/aromatic N) is 6. The molecule has 0 spiro atoms. The van der Waals surface area contributed by atoms with Gasteiger partial charge in [0.1, 0.15) is 39.6 Å². The number of nitrogens with one attached hydrogen (secondary N) is 2. The first-order valence-electron chi connectivity index (χ1n) is 12.3. The van der Waals surface area contributed by atoms with E-state index in [0.29, 0.717) is 38.9 Å². The van der Waals surface area contributed by atoms with Crippen LogP contribution in [0, 0.1) is 20.8 Å². The molecule has 3 aromatic carbocycles. The van der Waals surface area contributed by atoms with E-state index >= 15 is 0 Å². The van der Waals surface area contributed by atoms with Crippen molar-refractivity contribution in [1.29, 1.82) is 0 Å². The second-order valence-corrected chi connectivity index (χ2v) is 9.27. The van der Waals surface area contributed by atoms with Crippen LogP contribution in [0.25, 0.3) is 33.3 Å². The molecule has 0 aliphatic rings. The SMILES string of the molecule is [CH2-]c1nc2cc(Cc3nc(Nc4cc5nc([CH2-])oc5cc4O)nc(Nc4cc5nc([CH2-])oc5cc4O)n3)c(O)cc2o1.[Rf].[Rf].[Rf]. The molecule has 0 bridgehead atoms. The van der Waals surface area contributed by atoms with E-state index in [4.69, 9.17) is 13.3 Å². The molecule has 0 aliphatic carbocycles. The molecule has 17 heteroatoms. The van der Waals surface area contributed by atoms with Crippen molar-refractivity contribution in [3.63, 3.8) is 0 Å². The summed E-state index contributed by atoms with van der Waals surface area (Å²) in [7, 11) is 0. The number of anilines is 4. The summed E-state index contributed by atoms with van der Waals surface area (Å²) in [6, 6.07) is 8.99. The zero-order valence-electron chi connectivity index (χ0n) is 23.7. The van der Waals surface area contributed by atoms with E-state index in [1.807, 2.05) is 0 Å². The summed E-state index contributed by atoms with van der Waals surface area (Å²) in [5.74, 6) is 0.563. The Hall–Kier alpha value is -9.31. The smallest absolute Gasteiger partial charge is 0.232 e. The molecule has 4 heterocycles. The summed E-state index contributed by atoms with van der Waals surface area (Å²) in [6.45, 7) is 11.0. The van der Waals surface area contributed by atoms with Crippen molar-refractivity contribution in [3.8, 4) is 17.2 Å². The van der Waals surface area contributed by atoms with Gasteiger partial charge in [0.25, 0.3) is 0 Å². The maximum Gasteiger partial charge on any atom is 0.232 e. The third kappa shape index (κ3) is 4.93. The Morgan fingerprint density at radius 2 is 0.933 bits per heavy atom. The molecule has 7 aromatic rings. The number of oxazole rings is 3. The Bertz CT molecular complexity index is 1930. The molecule has 0 unspecified atom stereocenters. The van der Waals surface area contributed by atoms with E-state index in [2.05, 4.69) is 61.3 Å². The van der Waals surface area contributed by atoms with Gasteiger partial charge in [-0.3, -0.25) is 0 Å². The summed E-state index contributed by atoms with van der Waals surface area (Å²) in [5.41, 5.74) is 3.46. The van der Waals surface area contributed by atoms with Gasteiger partial charge in [0.2, 0.25) is 11.9 Å². The van der Waals surface area contributed by atoms with Gasteiger partial charge in [0, 0.05) is 30.2 Å². The predicted octanol–water partition coefficient (Wildman–Crippen LogP) is 5.04. The van der Waals surface area contributed by atoms with Crippen LogP contribution in [0.3, 0.4) is 0 Å². The number of rotatable bonds is 6. The molecule has 0 amide bonds. The summed E-state index contributed by atoms with van der Waals surface area (Å²) in [4.78, 5) is 26.0. The third-order valence-corrected chi connectivity index (χ3v) is 6.26. The van der Waals surface area contributed by atoms with Crippen LogP contribution in [-0.2, 0) is 6.42 Å². The minimum Gasteiger partial charge on any atom is -0.508 e. The van der Waals surface area contributed by atoms with Gasteiger partial charge in [-0.1, -0.05) is 0 Å². The molecular weight excluding hydrogens is 1350 g/mol. The molecule has 0 saturated heterocycles. The molecule has 45 heavy (non-hydrogen) atoms. The first kappa shape index (κ1) is 28.7. The molecule has 0 radical (unpaired) electrons. The number of aromatic hydroxyl groups is 3. The van der Waals surface area contributed by atoms with E-state index in [9.17, 15) is 15.3 Å². The molecule has 5 N–H and O–H groups in total. The average molecular weight is 1360 g/mol. The number of phenols is 3. The molecule has 4 aromatic heterocycles. The fourth-order valence-corrected chi connectivity index (χ4v) is 4.44. The third-order valence-electron chi connectivity index (χ3n) is 6.26. The van der Waals surface area contributed by atoms with E-state index < -0.39 is 0 Å². The quantitative estimate of drug-likeness (QED) is 0.110. The second-order valence-electron chi connectivity index (χ2n) is 9.27. The molecular formula is C28H19N8O6Rf3-3. The Balaban J connectivity index is 0.00000154. The van der Waals surface area contributed by atoms with Gasteiger partial charge >= 0.3 is 0 Å². The van der Waals surface area contributed by atoms with Crippen LogP contribution in [0.5, 0.6) is 17.2 Å². The largest absolute Gasteiger partial charge is 0.508 e. The summed E-state index contributed by atoms with van der Waals surface area (Å²) in [5, 5.41) is 37.8. The number of hydrogen-bond acceptors (Lipinski definition) is 14. The number of benzene rings is 3. The molecule has 0 atom stereocenters. The Labute approximate surface area is 235 Å². The molecule has 0 aliphatic heterocycles. The minimum atomic E-state index is -0.147. The Kier molecular flexibility index (Phi) is 6.39. The van der Waals surface area contributed by atoms with E-state index in [1.54, 1.807) is 18.2 Å². The zero-order valence-corrected chi connectivity index (χ0v) is 42.9. The van der Waals surface area contributed by atoms with Crippen LogP contribution in [0.4, 0.5) is 23.3 Å². The van der Waals surface area contributed by atoms with Crippen molar-refractivity contribution >= 4 is 56.6 Å². The van der Waals surface area contributed by atoms with E-state index in [-0.39, 0.29) is 70.4 Å². The van der Waals surface area contributed by atoms with Gasteiger partial charge in [0.05, 0.1) is 29.0 Å². The molecule has 0 fully saturated rings. The number of fused-ring (bicyclic) bond motifs is 3. The van der Waals surface area contributed by atoms with Crippen molar-refractivity contribution in [2.75, 3.05) is 10.6 Å². The summed E-state index contributed by atoms with van der Waals surface area (Å²) in [6.07, 6.45) is 0.0608. The zero-order chi connectivity index (χ0) is 29.1. The minimum absolute atomic E-state index is 0. The maximum absolute atomic E-state index is 10.6. The van der Waals surface area contributed by atoms with Gasteiger partial charge in [-0.25, -0.2) is 15.0 Å². The first-order chi connectivity index (χ1) is 20.2. The van der Waals surface area contributed by atoms with E-state index in [0.717, 1.165) is 0 Å². The predicted molar refractivity (Wildman–Crippen MR) is 150 cm³/mol. The van der Waals surface area contributed by atoms with Gasteiger partial charge in [0.15, 0.2) is 16.7 Å². The average Bonchev–Trinajstić information content (AvgIpc) is 3.58. The second kappa shape index (κ2) is 10.0. The Morgan fingerprint density at radius 3 is 1.38 bits per heavy atom.